The standard InChI is InChI=1S/C7H11F3O3/c1-2-5(6(11)12)3-4-13-7(8,9)10/h5H,2-4H2,1H3,(H,11,12). The minimum absolute atomic E-state index is 0.120. The molecule has 0 spiro atoms. The van der Waals surface area contributed by atoms with Crippen molar-refractivity contribution in [3.63, 3.8) is 0 Å². The van der Waals surface area contributed by atoms with Gasteiger partial charge in [0.2, 0.25) is 0 Å². The Morgan fingerprint density at radius 3 is 2.38 bits per heavy atom. The van der Waals surface area contributed by atoms with E-state index >= 15 is 0 Å². The summed E-state index contributed by atoms with van der Waals surface area (Å²) >= 11 is 0. The highest BCUT2D eigenvalue weighted by atomic mass is 19.4. The molecule has 0 rings (SSSR count). The van der Waals surface area contributed by atoms with Crippen LogP contribution in [0.2, 0.25) is 0 Å². The highest BCUT2D eigenvalue weighted by Crippen LogP contribution is 2.18. The van der Waals surface area contributed by atoms with Crippen molar-refractivity contribution in [2.45, 2.75) is 26.1 Å². The molecule has 0 radical (unpaired) electrons. The maximum Gasteiger partial charge on any atom is 0.522 e. The van der Waals surface area contributed by atoms with Gasteiger partial charge in [-0.1, -0.05) is 6.92 Å². The van der Waals surface area contributed by atoms with Crippen LogP contribution in [0, 0.1) is 5.92 Å². The maximum atomic E-state index is 11.4. The fraction of sp³-hybridized carbons (Fsp3) is 0.857. The predicted molar refractivity (Wildman–Crippen MR) is 38.0 cm³/mol. The Hall–Kier alpha value is -0.780. The maximum absolute atomic E-state index is 11.4. The van der Waals surface area contributed by atoms with Crippen LogP contribution in [0.25, 0.3) is 0 Å². The lowest BCUT2D eigenvalue weighted by Gasteiger charge is -2.10. The van der Waals surface area contributed by atoms with E-state index in [2.05, 4.69) is 4.74 Å². The number of rotatable bonds is 5. The predicted octanol–water partition coefficient (Wildman–Crippen LogP) is 2.02. The summed E-state index contributed by atoms with van der Waals surface area (Å²) in [6, 6.07) is 0. The Bertz CT molecular complexity index is 167. The molecule has 0 heterocycles. The molecule has 78 valence electrons. The number of carboxylic acids is 1. The van der Waals surface area contributed by atoms with Crippen LogP contribution in [0.1, 0.15) is 19.8 Å². The Morgan fingerprint density at radius 1 is 1.54 bits per heavy atom. The smallest absolute Gasteiger partial charge is 0.481 e. The molecule has 1 atom stereocenters. The highest BCUT2D eigenvalue weighted by Gasteiger charge is 2.29. The van der Waals surface area contributed by atoms with Crippen molar-refractivity contribution in [1.82, 2.24) is 0 Å². The molecule has 0 aliphatic carbocycles. The second kappa shape index (κ2) is 5.06. The third kappa shape index (κ3) is 6.39. The van der Waals surface area contributed by atoms with E-state index in [1.807, 2.05) is 0 Å². The topological polar surface area (TPSA) is 46.5 Å². The van der Waals surface area contributed by atoms with Crippen molar-refractivity contribution in [3.8, 4) is 0 Å². The molecule has 0 aliphatic heterocycles. The van der Waals surface area contributed by atoms with Gasteiger partial charge in [0.05, 0.1) is 12.5 Å². The van der Waals surface area contributed by atoms with E-state index in [4.69, 9.17) is 5.11 Å². The summed E-state index contributed by atoms with van der Waals surface area (Å²) in [5, 5.41) is 8.47. The number of alkyl halides is 3. The van der Waals surface area contributed by atoms with Crippen LogP contribution in [0.3, 0.4) is 0 Å². The van der Waals surface area contributed by atoms with Crippen LogP contribution >= 0.6 is 0 Å². The first kappa shape index (κ1) is 12.2. The number of carboxylic acid groups (broad SMARTS) is 1. The summed E-state index contributed by atoms with van der Waals surface area (Å²) in [7, 11) is 0. The van der Waals surface area contributed by atoms with Gasteiger partial charge < -0.3 is 5.11 Å². The van der Waals surface area contributed by atoms with Gasteiger partial charge in [-0.25, -0.2) is 0 Å². The van der Waals surface area contributed by atoms with Crippen LogP contribution in [0.4, 0.5) is 13.2 Å². The van der Waals surface area contributed by atoms with Gasteiger partial charge in [-0.2, -0.15) is 0 Å². The Kier molecular flexibility index (Phi) is 4.76. The number of aliphatic carboxylic acids is 1. The fourth-order valence-corrected chi connectivity index (χ4v) is 0.819. The van der Waals surface area contributed by atoms with Crippen molar-refractivity contribution in [2.75, 3.05) is 6.61 Å². The molecular formula is C7H11F3O3. The molecule has 0 amide bonds. The molecule has 0 aromatic heterocycles. The zero-order chi connectivity index (χ0) is 10.5. The van der Waals surface area contributed by atoms with Crippen molar-refractivity contribution >= 4 is 5.97 Å². The lowest BCUT2D eigenvalue weighted by molar-refractivity contribution is -0.325. The normalized spacial score (nSPS) is 14.2. The zero-order valence-corrected chi connectivity index (χ0v) is 7.10. The van der Waals surface area contributed by atoms with Gasteiger partial charge in [0.25, 0.3) is 0 Å². The summed E-state index contributed by atoms with van der Waals surface area (Å²) < 4.78 is 37.8. The minimum atomic E-state index is -4.67. The molecule has 6 heteroatoms. The SMILES string of the molecule is CCC(CCOC(F)(F)F)C(=O)O. The van der Waals surface area contributed by atoms with Gasteiger partial charge in [0.1, 0.15) is 0 Å². The van der Waals surface area contributed by atoms with Gasteiger partial charge in [-0.15, -0.1) is 13.2 Å². The molecule has 0 bridgehead atoms. The number of halogens is 3. The quantitative estimate of drug-likeness (QED) is 0.738. The number of hydrogen-bond donors (Lipinski definition) is 1. The monoisotopic (exact) mass is 200 g/mol. The molecule has 0 fully saturated rings. The summed E-state index contributed by atoms with van der Waals surface area (Å²) in [5.74, 6) is -1.85. The van der Waals surface area contributed by atoms with E-state index in [0.29, 0.717) is 6.42 Å². The van der Waals surface area contributed by atoms with E-state index < -0.39 is 24.9 Å². The lowest BCUT2D eigenvalue weighted by atomic mass is 10.0. The first-order valence-electron chi connectivity index (χ1n) is 3.80. The number of ether oxygens (including phenoxy) is 1. The van der Waals surface area contributed by atoms with Crippen LogP contribution in [-0.2, 0) is 9.53 Å². The molecule has 1 unspecified atom stereocenters. The van der Waals surface area contributed by atoms with E-state index in [1.54, 1.807) is 6.92 Å². The molecule has 0 aromatic carbocycles. The first-order valence-corrected chi connectivity index (χ1v) is 3.80. The molecule has 0 saturated carbocycles. The average Bonchev–Trinajstić information content (AvgIpc) is 1.95. The van der Waals surface area contributed by atoms with Crippen LogP contribution in [-0.4, -0.2) is 24.0 Å². The second-order valence-corrected chi connectivity index (χ2v) is 2.53. The minimum Gasteiger partial charge on any atom is -0.481 e. The molecular weight excluding hydrogens is 189 g/mol. The van der Waals surface area contributed by atoms with Crippen molar-refractivity contribution in [3.05, 3.63) is 0 Å². The first-order chi connectivity index (χ1) is 5.87. The van der Waals surface area contributed by atoms with Gasteiger partial charge in [-0.05, 0) is 12.8 Å². The highest BCUT2D eigenvalue weighted by molar-refractivity contribution is 5.69. The molecule has 1 N–H and O–H groups in total. The fourth-order valence-electron chi connectivity index (χ4n) is 0.819. The number of carbonyl (C=O) groups is 1. The van der Waals surface area contributed by atoms with Gasteiger partial charge in [0.15, 0.2) is 0 Å². The molecule has 3 nitrogen and oxygen atoms in total. The van der Waals surface area contributed by atoms with E-state index in [1.165, 1.54) is 0 Å². The van der Waals surface area contributed by atoms with Crippen molar-refractivity contribution < 1.29 is 27.8 Å². The third-order valence-electron chi connectivity index (χ3n) is 1.57. The summed E-state index contributed by atoms with van der Waals surface area (Å²) in [5.41, 5.74) is 0. The Balaban J connectivity index is 3.68. The van der Waals surface area contributed by atoms with E-state index in [-0.39, 0.29) is 6.42 Å². The Morgan fingerprint density at radius 2 is 2.08 bits per heavy atom. The summed E-state index contributed by atoms with van der Waals surface area (Å²) in [4.78, 5) is 10.3. The largest absolute Gasteiger partial charge is 0.522 e. The van der Waals surface area contributed by atoms with Crippen LogP contribution in [0.5, 0.6) is 0 Å². The molecule has 13 heavy (non-hydrogen) atoms. The van der Waals surface area contributed by atoms with Crippen molar-refractivity contribution in [2.24, 2.45) is 5.92 Å². The molecule has 0 saturated heterocycles. The molecule has 0 aromatic rings. The Labute approximate surface area is 73.5 Å². The third-order valence-corrected chi connectivity index (χ3v) is 1.57. The van der Waals surface area contributed by atoms with Crippen LogP contribution in [0.15, 0.2) is 0 Å². The number of hydrogen-bond acceptors (Lipinski definition) is 2. The summed E-state index contributed by atoms with van der Waals surface area (Å²) in [6.45, 7) is 1.00. The van der Waals surface area contributed by atoms with Gasteiger partial charge in [0, 0.05) is 0 Å². The summed E-state index contributed by atoms with van der Waals surface area (Å²) in [6.07, 6.45) is -4.49. The second-order valence-electron chi connectivity index (χ2n) is 2.53. The van der Waals surface area contributed by atoms with E-state index in [9.17, 15) is 18.0 Å². The van der Waals surface area contributed by atoms with Gasteiger partial charge >= 0.3 is 12.3 Å². The molecule has 0 aliphatic rings. The van der Waals surface area contributed by atoms with Crippen LogP contribution < -0.4 is 0 Å². The van der Waals surface area contributed by atoms with E-state index in [0.717, 1.165) is 0 Å². The zero-order valence-electron chi connectivity index (χ0n) is 7.10. The van der Waals surface area contributed by atoms with Crippen molar-refractivity contribution in [1.29, 1.82) is 0 Å². The average molecular weight is 200 g/mol. The van der Waals surface area contributed by atoms with Gasteiger partial charge in [-0.3, -0.25) is 9.53 Å². The lowest BCUT2D eigenvalue weighted by Crippen LogP contribution is -2.19.